The molecule has 5 heteroatoms. The number of hydrogen-bond donors (Lipinski definition) is 1. The molecule has 0 aliphatic carbocycles. The molecule has 0 spiro atoms. The molecule has 2 aromatic carbocycles. The van der Waals surface area contributed by atoms with Crippen LogP contribution in [0, 0.1) is 0 Å². The van der Waals surface area contributed by atoms with Crippen molar-refractivity contribution in [3.63, 3.8) is 0 Å². The average molecular weight is 351 g/mol. The first-order valence-electron chi connectivity index (χ1n) is 9.25. The molecule has 0 aromatic heterocycles. The van der Waals surface area contributed by atoms with Gasteiger partial charge in [0.25, 0.3) is 0 Å². The summed E-state index contributed by atoms with van der Waals surface area (Å²) < 4.78 is 5.46. The highest BCUT2D eigenvalue weighted by Gasteiger charge is 2.20. The van der Waals surface area contributed by atoms with Gasteiger partial charge in [-0.1, -0.05) is 53.7 Å². The summed E-state index contributed by atoms with van der Waals surface area (Å²) in [4.78, 5) is 7.79. The Labute approximate surface area is 154 Å². The quantitative estimate of drug-likeness (QED) is 0.900. The summed E-state index contributed by atoms with van der Waals surface area (Å²) in [6, 6.07) is 17.2. The average Bonchev–Trinajstić information content (AvgIpc) is 3.19. The van der Waals surface area contributed by atoms with Crippen LogP contribution in [0.2, 0.25) is 0 Å². The molecular formula is C21H25N3O2. The molecule has 2 aromatic rings. The molecule has 0 radical (unpaired) electrons. The number of nitrogens with two attached hydrogens (primary N) is 1. The second-order valence-corrected chi connectivity index (χ2v) is 6.83. The van der Waals surface area contributed by atoms with Crippen molar-refractivity contribution in [2.45, 2.75) is 19.1 Å². The maximum Gasteiger partial charge on any atom is 0.145 e. The molecular weight excluding hydrogens is 326 g/mol. The zero-order chi connectivity index (χ0) is 17.8. The van der Waals surface area contributed by atoms with Crippen LogP contribution in [0.1, 0.15) is 17.5 Å². The first kappa shape index (κ1) is 17.2. The van der Waals surface area contributed by atoms with Crippen LogP contribution in [0.5, 0.6) is 0 Å². The van der Waals surface area contributed by atoms with Crippen molar-refractivity contribution in [1.82, 2.24) is 4.90 Å². The van der Waals surface area contributed by atoms with Crippen molar-refractivity contribution in [2.75, 3.05) is 32.8 Å². The van der Waals surface area contributed by atoms with Gasteiger partial charge in [-0.05, 0) is 22.3 Å². The standard InChI is InChI=1S/C21H25N3O2/c22-14-19-13-21(23-26-19)17-7-5-16(6-8-17)20-4-2-1-3-18(20)15-24-9-11-25-12-10-24/h1-8,19H,9-15,22H2. The van der Waals surface area contributed by atoms with E-state index in [0.717, 1.165) is 50.5 Å². The van der Waals surface area contributed by atoms with Crippen LogP contribution in [-0.2, 0) is 16.1 Å². The Bertz CT molecular complexity index is 767. The lowest BCUT2D eigenvalue weighted by Gasteiger charge is -2.27. The third-order valence-electron chi connectivity index (χ3n) is 5.04. The third kappa shape index (κ3) is 3.80. The topological polar surface area (TPSA) is 60.1 Å². The molecule has 136 valence electrons. The summed E-state index contributed by atoms with van der Waals surface area (Å²) in [7, 11) is 0. The lowest BCUT2D eigenvalue weighted by atomic mass is 9.96. The maximum absolute atomic E-state index is 5.66. The molecule has 1 saturated heterocycles. The molecule has 0 bridgehead atoms. The molecule has 0 amide bonds. The molecule has 26 heavy (non-hydrogen) atoms. The normalized spacial score (nSPS) is 20.7. The predicted octanol–water partition coefficient (Wildman–Crippen LogP) is 2.64. The van der Waals surface area contributed by atoms with Crippen LogP contribution in [0.15, 0.2) is 53.7 Å². The van der Waals surface area contributed by atoms with Crippen LogP contribution >= 0.6 is 0 Å². The Kier molecular flexibility index (Phi) is 5.29. The first-order chi connectivity index (χ1) is 12.8. The molecule has 4 rings (SSSR count). The van der Waals surface area contributed by atoms with E-state index in [1.165, 1.54) is 16.7 Å². The fourth-order valence-corrected chi connectivity index (χ4v) is 3.51. The summed E-state index contributed by atoms with van der Waals surface area (Å²) >= 11 is 0. The Morgan fingerprint density at radius 3 is 2.46 bits per heavy atom. The van der Waals surface area contributed by atoms with Crippen molar-refractivity contribution in [2.24, 2.45) is 10.9 Å². The first-order valence-corrected chi connectivity index (χ1v) is 9.25. The fraction of sp³-hybridized carbons (Fsp3) is 0.381. The van der Waals surface area contributed by atoms with Gasteiger partial charge in [-0.25, -0.2) is 0 Å². The lowest BCUT2D eigenvalue weighted by molar-refractivity contribution is 0.0342. The monoisotopic (exact) mass is 351 g/mol. The molecule has 2 aliphatic heterocycles. The van der Waals surface area contributed by atoms with E-state index in [2.05, 4.69) is 58.6 Å². The van der Waals surface area contributed by atoms with Crippen molar-refractivity contribution in [1.29, 1.82) is 0 Å². The molecule has 1 unspecified atom stereocenters. The molecule has 1 fully saturated rings. The molecule has 1 atom stereocenters. The minimum atomic E-state index is 0.0129. The predicted molar refractivity (Wildman–Crippen MR) is 103 cm³/mol. The summed E-state index contributed by atoms with van der Waals surface area (Å²) in [6.07, 6.45) is 0.794. The van der Waals surface area contributed by atoms with Crippen molar-refractivity contribution < 1.29 is 9.57 Å². The second kappa shape index (κ2) is 7.99. The highest BCUT2D eigenvalue weighted by Crippen LogP contribution is 2.26. The van der Waals surface area contributed by atoms with Gasteiger partial charge in [0.05, 0.1) is 18.9 Å². The Balaban J connectivity index is 1.52. The van der Waals surface area contributed by atoms with E-state index in [0.29, 0.717) is 6.54 Å². The number of rotatable bonds is 5. The van der Waals surface area contributed by atoms with Crippen molar-refractivity contribution >= 4 is 5.71 Å². The van der Waals surface area contributed by atoms with E-state index in [1.807, 2.05) is 0 Å². The van der Waals surface area contributed by atoms with Crippen molar-refractivity contribution in [3.05, 3.63) is 59.7 Å². The summed E-state index contributed by atoms with van der Waals surface area (Å²) in [5.41, 5.74) is 11.6. The zero-order valence-electron chi connectivity index (χ0n) is 14.9. The van der Waals surface area contributed by atoms with Gasteiger partial charge in [-0.2, -0.15) is 0 Å². The molecule has 2 aliphatic rings. The lowest BCUT2D eigenvalue weighted by Crippen LogP contribution is -2.35. The highest BCUT2D eigenvalue weighted by atomic mass is 16.6. The highest BCUT2D eigenvalue weighted by molar-refractivity contribution is 6.01. The van der Waals surface area contributed by atoms with E-state index in [-0.39, 0.29) is 6.10 Å². The minimum Gasteiger partial charge on any atom is -0.390 e. The van der Waals surface area contributed by atoms with E-state index in [4.69, 9.17) is 15.3 Å². The number of morpholine rings is 1. The number of nitrogens with zero attached hydrogens (tertiary/aromatic N) is 2. The van der Waals surface area contributed by atoms with E-state index < -0.39 is 0 Å². The Hall–Kier alpha value is -2.21. The number of oxime groups is 1. The van der Waals surface area contributed by atoms with Crippen LogP contribution in [0.4, 0.5) is 0 Å². The summed E-state index contributed by atoms with van der Waals surface area (Å²) in [5.74, 6) is 0. The van der Waals surface area contributed by atoms with Gasteiger partial charge >= 0.3 is 0 Å². The van der Waals surface area contributed by atoms with Gasteiger partial charge in [0.15, 0.2) is 0 Å². The van der Waals surface area contributed by atoms with Crippen LogP contribution in [-0.4, -0.2) is 49.6 Å². The SMILES string of the molecule is NCC1CC(c2ccc(-c3ccccc3CN3CCOCC3)cc2)=NO1. The maximum atomic E-state index is 5.66. The molecule has 2 N–H and O–H groups in total. The van der Waals surface area contributed by atoms with Gasteiger partial charge in [-0.3, -0.25) is 4.90 Å². The Morgan fingerprint density at radius 1 is 1.00 bits per heavy atom. The van der Waals surface area contributed by atoms with Crippen LogP contribution in [0.25, 0.3) is 11.1 Å². The largest absolute Gasteiger partial charge is 0.390 e. The van der Waals surface area contributed by atoms with Gasteiger partial charge in [0.1, 0.15) is 6.10 Å². The second-order valence-electron chi connectivity index (χ2n) is 6.83. The van der Waals surface area contributed by atoms with Crippen LogP contribution in [0.3, 0.4) is 0 Å². The van der Waals surface area contributed by atoms with Gasteiger partial charge in [-0.15, -0.1) is 0 Å². The number of ether oxygens (including phenoxy) is 1. The van der Waals surface area contributed by atoms with Crippen molar-refractivity contribution in [3.8, 4) is 11.1 Å². The molecule has 2 heterocycles. The van der Waals surface area contributed by atoms with E-state index >= 15 is 0 Å². The van der Waals surface area contributed by atoms with Gasteiger partial charge in [0, 0.05) is 32.6 Å². The minimum absolute atomic E-state index is 0.0129. The zero-order valence-corrected chi connectivity index (χ0v) is 14.9. The number of benzene rings is 2. The smallest absolute Gasteiger partial charge is 0.145 e. The third-order valence-corrected chi connectivity index (χ3v) is 5.04. The van der Waals surface area contributed by atoms with Crippen LogP contribution < -0.4 is 5.73 Å². The summed E-state index contributed by atoms with van der Waals surface area (Å²) in [5, 5.41) is 4.17. The summed E-state index contributed by atoms with van der Waals surface area (Å²) in [6.45, 7) is 5.10. The van der Waals surface area contributed by atoms with E-state index in [9.17, 15) is 0 Å². The Morgan fingerprint density at radius 2 is 1.73 bits per heavy atom. The molecule has 0 saturated carbocycles. The fourth-order valence-electron chi connectivity index (χ4n) is 3.51. The molecule has 5 nitrogen and oxygen atoms in total. The van der Waals surface area contributed by atoms with E-state index in [1.54, 1.807) is 0 Å². The van der Waals surface area contributed by atoms with Gasteiger partial charge < -0.3 is 15.3 Å². The number of hydrogen-bond acceptors (Lipinski definition) is 5. The van der Waals surface area contributed by atoms with Gasteiger partial charge in [0.2, 0.25) is 0 Å².